The molecular formula is C14H14N4O2. The quantitative estimate of drug-likeness (QED) is 0.903. The van der Waals surface area contributed by atoms with Crippen molar-refractivity contribution in [2.75, 3.05) is 5.32 Å². The van der Waals surface area contributed by atoms with E-state index in [2.05, 4.69) is 5.32 Å². The molecule has 0 atom stereocenters. The molecule has 0 spiro atoms. The van der Waals surface area contributed by atoms with Crippen LogP contribution in [0.25, 0.3) is 0 Å². The van der Waals surface area contributed by atoms with Crippen molar-refractivity contribution in [1.29, 1.82) is 5.26 Å². The largest absolute Gasteiger partial charge is 0.327 e. The number of aryl methyl sites for hydroxylation is 2. The number of rotatable bonds is 4. The van der Waals surface area contributed by atoms with E-state index < -0.39 is 0 Å². The number of anilines is 1. The van der Waals surface area contributed by atoms with Crippen LogP contribution in [-0.2, 0) is 18.4 Å². The first kappa shape index (κ1) is 13.6. The number of nitrogens with one attached hydrogen (secondary N) is 1. The minimum atomic E-state index is -0.233. The zero-order chi connectivity index (χ0) is 14.5. The molecule has 0 aliphatic carbocycles. The Labute approximate surface area is 115 Å². The summed E-state index contributed by atoms with van der Waals surface area (Å²) in [5.74, 6) is -0.233. The topological polar surface area (TPSA) is 79.8 Å². The maximum Gasteiger partial charge on any atom is 0.327 e. The standard InChI is InChI=1S/C14H14N4O2/c1-17-8-9-18(14(17)20)7-6-13(19)16-12-5-3-2-4-11(12)10-15/h2-5,8-9H,6-7H2,1H3,(H,16,19). The molecule has 1 aromatic heterocycles. The Morgan fingerprint density at radius 3 is 2.75 bits per heavy atom. The number of nitrogens with zero attached hydrogens (tertiary/aromatic N) is 3. The first-order valence-electron chi connectivity index (χ1n) is 6.12. The molecule has 1 N–H and O–H groups in total. The summed E-state index contributed by atoms with van der Waals surface area (Å²) < 4.78 is 2.92. The number of carbonyl (C=O) groups is 1. The Morgan fingerprint density at radius 2 is 2.10 bits per heavy atom. The Hall–Kier alpha value is -2.81. The Morgan fingerprint density at radius 1 is 1.35 bits per heavy atom. The lowest BCUT2D eigenvalue weighted by Gasteiger charge is -2.06. The third-order valence-electron chi connectivity index (χ3n) is 2.92. The van der Waals surface area contributed by atoms with Gasteiger partial charge >= 0.3 is 5.69 Å². The number of benzene rings is 1. The molecule has 0 unspecified atom stereocenters. The lowest BCUT2D eigenvalue weighted by Crippen LogP contribution is -2.24. The first-order valence-corrected chi connectivity index (χ1v) is 6.12. The first-order chi connectivity index (χ1) is 9.61. The van der Waals surface area contributed by atoms with Gasteiger partial charge in [0.15, 0.2) is 0 Å². The zero-order valence-electron chi connectivity index (χ0n) is 11.0. The normalized spacial score (nSPS) is 10.0. The van der Waals surface area contributed by atoms with Crippen LogP contribution in [0.2, 0.25) is 0 Å². The highest BCUT2D eigenvalue weighted by atomic mass is 16.2. The third kappa shape index (κ3) is 2.95. The van der Waals surface area contributed by atoms with Crippen molar-refractivity contribution in [2.45, 2.75) is 13.0 Å². The summed E-state index contributed by atoms with van der Waals surface area (Å²) in [7, 11) is 1.65. The molecule has 0 aliphatic rings. The number of nitriles is 1. The molecule has 0 fully saturated rings. The van der Waals surface area contributed by atoms with Crippen LogP contribution in [0.4, 0.5) is 5.69 Å². The second kappa shape index (κ2) is 5.89. The molecular weight excluding hydrogens is 256 g/mol. The second-order valence-electron chi connectivity index (χ2n) is 4.34. The SMILES string of the molecule is Cn1ccn(CCC(=O)Nc2ccccc2C#N)c1=O. The molecule has 20 heavy (non-hydrogen) atoms. The van der Waals surface area contributed by atoms with Crippen LogP contribution in [-0.4, -0.2) is 15.0 Å². The van der Waals surface area contributed by atoms with Gasteiger partial charge in [-0.1, -0.05) is 12.1 Å². The van der Waals surface area contributed by atoms with E-state index in [1.165, 1.54) is 9.13 Å². The van der Waals surface area contributed by atoms with Crippen LogP contribution < -0.4 is 11.0 Å². The molecule has 0 radical (unpaired) electrons. The molecule has 0 saturated heterocycles. The fraction of sp³-hybridized carbons (Fsp3) is 0.214. The van der Waals surface area contributed by atoms with E-state index in [1.54, 1.807) is 43.7 Å². The van der Waals surface area contributed by atoms with Gasteiger partial charge < -0.3 is 9.88 Å². The molecule has 1 heterocycles. The summed E-state index contributed by atoms with van der Waals surface area (Å²) in [6, 6.07) is 8.80. The van der Waals surface area contributed by atoms with Crippen LogP contribution in [0.5, 0.6) is 0 Å². The van der Waals surface area contributed by atoms with Gasteiger partial charge in [0.05, 0.1) is 11.3 Å². The number of amides is 1. The molecule has 102 valence electrons. The van der Waals surface area contributed by atoms with Gasteiger partial charge in [-0.3, -0.25) is 9.36 Å². The van der Waals surface area contributed by atoms with Crippen LogP contribution >= 0.6 is 0 Å². The van der Waals surface area contributed by atoms with E-state index >= 15 is 0 Å². The maximum atomic E-state index is 11.8. The van der Waals surface area contributed by atoms with Gasteiger partial charge in [0.2, 0.25) is 5.91 Å². The fourth-order valence-corrected chi connectivity index (χ4v) is 1.81. The average molecular weight is 270 g/mol. The van der Waals surface area contributed by atoms with Gasteiger partial charge in [0.1, 0.15) is 6.07 Å². The summed E-state index contributed by atoms with van der Waals surface area (Å²) in [6.07, 6.45) is 3.45. The van der Waals surface area contributed by atoms with Gasteiger partial charge in [-0.2, -0.15) is 5.26 Å². The van der Waals surface area contributed by atoms with Gasteiger partial charge in [-0.05, 0) is 12.1 Å². The number of hydrogen-bond donors (Lipinski definition) is 1. The number of aromatic nitrogens is 2. The number of imidazole rings is 1. The summed E-state index contributed by atoms with van der Waals surface area (Å²) >= 11 is 0. The third-order valence-corrected chi connectivity index (χ3v) is 2.92. The molecule has 6 nitrogen and oxygen atoms in total. The highest BCUT2D eigenvalue weighted by Gasteiger charge is 2.07. The molecule has 0 aliphatic heterocycles. The van der Waals surface area contributed by atoms with Gasteiger partial charge in [-0.15, -0.1) is 0 Å². The van der Waals surface area contributed by atoms with Crippen molar-refractivity contribution in [3.63, 3.8) is 0 Å². The van der Waals surface area contributed by atoms with E-state index in [1.807, 2.05) is 6.07 Å². The summed E-state index contributed by atoms with van der Waals surface area (Å²) in [4.78, 5) is 23.4. The lowest BCUT2D eigenvalue weighted by atomic mass is 10.2. The van der Waals surface area contributed by atoms with Crippen LogP contribution in [0, 0.1) is 11.3 Å². The monoisotopic (exact) mass is 270 g/mol. The van der Waals surface area contributed by atoms with Crippen molar-refractivity contribution in [3.05, 3.63) is 52.7 Å². The molecule has 0 saturated carbocycles. The van der Waals surface area contributed by atoms with E-state index in [-0.39, 0.29) is 18.0 Å². The van der Waals surface area contributed by atoms with Crippen molar-refractivity contribution in [2.24, 2.45) is 7.05 Å². The Kier molecular flexibility index (Phi) is 4.01. The molecule has 1 amide bonds. The van der Waals surface area contributed by atoms with E-state index in [4.69, 9.17) is 5.26 Å². The van der Waals surface area contributed by atoms with Crippen molar-refractivity contribution >= 4 is 11.6 Å². The van der Waals surface area contributed by atoms with E-state index in [9.17, 15) is 9.59 Å². The lowest BCUT2D eigenvalue weighted by molar-refractivity contribution is -0.116. The average Bonchev–Trinajstić information content (AvgIpc) is 2.77. The predicted molar refractivity (Wildman–Crippen MR) is 74.1 cm³/mol. The predicted octanol–water partition coefficient (Wildman–Crippen LogP) is 1.09. The second-order valence-corrected chi connectivity index (χ2v) is 4.34. The van der Waals surface area contributed by atoms with Crippen molar-refractivity contribution < 1.29 is 4.79 Å². The highest BCUT2D eigenvalue weighted by molar-refractivity contribution is 5.91. The Balaban J connectivity index is 1.98. The smallest absolute Gasteiger partial charge is 0.325 e. The molecule has 2 aromatic rings. The van der Waals surface area contributed by atoms with Gasteiger partial charge in [-0.25, -0.2) is 4.79 Å². The zero-order valence-corrected chi connectivity index (χ0v) is 11.0. The van der Waals surface area contributed by atoms with E-state index in [0.717, 1.165) is 0 Å². The minimum absolute atomic E-state index is 0.157. The van der Waals surface area contributed by atoms with Crippen LogP contribution in [0.3, 0.4) is 0 Å². The minimum Gasteiger partial charge on any atom is -0.325 e. The highest BCUT2D eigenvalue weighted by Crippen LogP contribution is 2.13. The van der Waals surface area contributed by atoms with Crippen molar-refractivity contribution in [1.82, 2.24) is 9.13 Å². The molecule has 1 aromatic carbocycles. The number of para-hydroxylation sites is 1. The fourth-order valence-electron chi connectivity index (χ4n) is 1.81. The maximum absolute atomic E-state index is 11.8. The summed E-state index contributed by atoms with van der Waals surface area (Å²) in [5.41, 5.74) is 0.744. The van der Waals surface area contributed by atoms with Gasteiger partial charge in [0, 0.05) is 32.4 Å². The Bertz CT molecular complexity index is 721. The van der Waals surface area contributed by atoms with Crippen molar-refractivity contribution in [3.8, 4) is 6.07 Å². The molecule has 6 heteroatoms. The van der Waals surface area contributed by atoms with Crippen LogP contribution in [0.15, 0.2) is 41.5 Å². The molecule has 0 bridgehead atoms. The summed E-state index contributed by atoms with van der Waals surface area (Å²) in [5, 5.41) is 11.6. The van der Waals surface area contributed by atoms with Crippen LogP contribution in [0.1, 0.15) is 12.0 Å². The molecule has 2 rings (SSSR count). The number of carbonyl (C=O) groups excluding carboxylic acids is 1. The van der Waals surface area contributed by atoms with Gasteiger partial charge in [0.25, 0.3) is 0 Å². The number of hydrogen-bond acceptors (Lipinski definition) is 3. The summed E-state index contributed by atoms with van der Waals surface area (Å²) in [6.45, 7) is 0.306. The van der Waals surface area contributed by atoms with E-state index in [0.29, 0.717) is 17.8 Å².